The topological polar surface area (TPSA) is 75.4 Å². The van der Waals surface area contributed by atoms with Crippen LogP contribution in [0.5, 0.6) is 0 Å². The van der Waals surface area contributed by atoms with E-state index in [-0.39, 0.29) is 12.0 Å². The zero-order valence-corrected chi connectivity index (χ0v) is 12.3. The van der Waals surface area contributed by atoms with Gasteiger partial charge in [-0.15, -0.1) is 0 Å². The SMILES string of the molecule is Nc1cc(C(=O)NCC2CCC(O)CC2)ccc1Br. The van der Waals surface area contributed by atoms with Gasteiger partial charge in [0.2, 0.25) is 0 Å². The highest BCUT2D eigenvalue weighted by molar-refractivity contribution is 9.10. The van der Waals surface area contributed by atoms with Crippen molar-refractivity contribution in [1.82, 2.24) is 5.32 Å². The van der Waals surface area contributed by atoms with Crippen LogP contribution in [0, 0.1) is 5.92 Å². The van der Waals surface area contributed by atoms with Crippen LogP contribution < -0.4 is 11.1 Å². The first-order chi connectivity index (χ1) is 9.06. The van der Waals surface area contributed by atoms with Crippen molar-refractivity contribution in [3.8, 4) is 0 Å². The van der Waals surface area contributed by atoms with Crippen LogP contribution in [0.2, 0.25) is 0 Å². The van der Waals surface area contributed by atoms with Gasteiger partial charge in [-0.05, 0) is 65.7 Å². The Kier molecular flexibility index (Phi) is 4.82. The van der Waals surface area contributed by atoms with Crippen LogP contribution in [0.25, 0.3) is 0 Å². The van der Waals surface area contributed by atoms with Gasteiger partial charge in [-0.1, -0.05) is 0 Å². The van der Waals surface area contributed by atoms with Crippen LogP contribution in [0.4, 0.5) is 5.69 Å². The van der Waals surface area contributed by atoms with E-state index < -0.39 is 0 Å². The molecule has 1 aromatic carbocycles. The maximum Gasteiger partial charge on any atom is 0.251 e. The molecule has 0 atom stereocenters. The second kappa shape index (κ2) is 6.39. The zero-order chi connectivity index (χ0) is 13.8. The summed E-state index contributed by atoms with van der Waals surface area (Å²) in [5.74, 6) is 0.380. The molecule has 1 saturated carbocycles. The zero-order valence-electron chi connectivity index (χ0n) is 10.7. The predicted octanol–water partition coefficient (Wildman–Crippen LogP) is 2.31. The Morgan fingerprint density at radius 1 is 1.37 bits per heavy atom. The molecule has 0 heterocycles. The molecule has 2 rings (SSSR count). The van der Waals surface area contributed by atoms with Gasteiger partial charge < -0.3 is 16.2 Å². The second-order valence-electron chi connectivity index (χ2n) is 5.12. The van der Waals surface area contributed by atoms with Gasteiger partial charge in [0.25, 0.3) is 5.91 Å². The lowest BCUT2D eigenvalue weighted by Crippen LogP contribution is -2.32. The van der Waals surface area contributed by atoms with Crippen LogP contribution in [0.15, 0.2) is 22.7 Å². The van der Waals surface area contributed by atoms with E-state index in [0.717, 1.165) is 30.2 Å². The van der Waals surface area contributed by atoms with Crippen LogP contribution in [0.1, 0.15) is 36.0 Å². The molecule has 1 aliphatic rings. The Morgan fingerprint density at radius 3 is 2.68 bits per heavy atom. The van der Waals surface area contributed by atoms with Crippen molar-refractivity contribution in [2.45, 2.75) is 31.8 Å². The number of halogens is 1. The molecule has 1 amide bonds. The number of anilines is 1. The number of carbonyl (C=O) groups excluding carboxylic acids is 1. The van der Waals surface area contributed by atoms with E-state index in [9.17, 15) is 9.90 Å². The van der Waals surface area contributed by atoms with Crippen molar-refractivity contribution in [1.29, 1.82) is 0 Å². The molecule has 1 aliphatic carbocycles. The quantitative estimate of drug-likeness (QED) is 0.746. The Bertz CT molecular complexity index is 457. The number of amides is 1. The predicted molar refractivity (Wildman–Crippen MR) is 78.9 cm³/mol. The van der Waals surface area contributed by atoms with E-state index in [1.807, 2.05) is 0 Å². The number of nitrogens with two attached hydrogens (primary N) is 1. The Balaban J connectivity index is 1.85. The number of hydrogen-bond donors (Lipinski definition) is 3. The summed E-state index contributed by atoms with van der Waals surface area (Å²) < 4.78 is 0.797. The summed E-state index contributed by atoms with van der Waals surface area (Å²) in [5.41, 5.74) is 6.90. The standard InChI is InChI=1S/C14H19BrN2O2/c15-12-6-3-10(7-13(12)16)14(19)17-8-9-1-4-11(18)5-2-9/h3,6-7,9,11,18H,1-2,4-5,8,16H2,(H,17,19). The van der Waals surface area contributed by atoms with E-state index in [1.165, 1.54) is 0 Å². The third kappa shape index (κ3) is 3.94. The molecule has 0 aromatic heterocycles. The van der Waals surface area contributed by atoms with Crippen molar-refractivity contribution >= 4 is 27.5 Å². The molecule has 4 nitrogen and oxygen atoms in total. The fourth-order valence-corrected chi connectivity index (χ4v) is 2.62. The summed E-state index contributed by atoms with van der Waals surface area (Å²) in [4.78, 5) is 12.0. The molecule has 0 spiro atoms. The molecule has 5 heteroatoms. The molecule has 0 unspecified atom stereocenters. The number of hydrogen-bond acceptors (Lipinski definition) is 3. The van der Waals surface area contributed by atoms with Crippen molar-refractivity contribution in [3.05, 3.63) is 28.2 Å². The average molecular weight is 327 g/mol. The third-order valence-corrected chi connectivity index (χ3v) is 4.35. The summed E-state index contributed by atoms with van der Waals surface area (Å²) >= 11 is 3.31. The lowest BCUT2D eigenvalue weighted by atomic mass is 9.87. The third-order valence-electron chi connectivity index (χ3n) is 3.63. The van der Waals surface area contributed by atoms with Crippen LogP contribution in [-0.2, 0) is 0 Å². The molecule has 19 heavy (non-hydrogen) atoms. The smallest absolute Gasteiger partial charge is 0.251 e. The first-order valence-electron chi connectivity index (χ1n) is 6.57. The first kappa shape index (κ1) is 14.3. The highest BCUT2D eigenvalue weighted by atomic mass is 79.9. The number of carbonyl (C=O) groups is 1. The molecular weight excluding hydrogens is 308 g/mol. The number of aliphatic hydroxyl groups is 1. The van der Waals surface area contributed by atoms with Crippen LogP contribution >= 0.6 is 15.9 Å². The lowest BCUT2D eigenvalue weighted by Gasteiger charge is -2.25. The van der Waals surface area contributed by atoms with E-state index in [1.54, 1.807) is 18.2 Å². The molecular formula is C14H19BrN2O2. The largest absolute Gasteiger partial charge is 0.398 e. The number of aliphatic hydroxyl groups excluding tert-OH is 1. The minimum atomic E-state index is -0.154. The van der Waals surface area contributed by atoms with Gasteiger partial charge in [-0.25, -0.2) is 0 Å². The Morgan fingerprint density at radius 2 is 2.05 bits per heavy atom. The van der Waals surface area contributed by atoms with Gasteiger partial charge in [0.1, 0.15) is 0 Å². The number of nitrogen functional groups attached to an aromatic ring is 1. The number of benzene rings is 1. The molecule has 0 aliphatic heterocycles. The van der Waals surface area contributed by atoms with Crippen molar-refractivity contribution in [2.75, 3.05) is 12.3 Å². The summed E-state index contributed by atoms with van der Waals surface area (Å²) in [7, 11) is 0. The van der Waals surface area contributed by atoms with Gasteiger partial charge in [-0.2, -0.15) is 0 Å². The van der Waals surface area contributed by atoms with Crippen molar-refractivity contribution in [2.24, 2.45) is 5.92 Å². The molecule has 1 aromatic rings. The molecule has 0 saturated heterocycles. The normalized spacial score (nSPS) is 23.1. The molecule has 104 valence electrons. The first-order valence-corrected chi connectivity index (χ1v) is 7.37. The Labute approximate surface area is 121 Å². The summed E-state index contributed by atoms with van der Waals surface area (Å²) in [6.07, 6.45) is 3.48. The monoisotopic (exact) mass is 326 g/mol. The van der Waals surface area contributed by atoms with Gasteiger partial charge >= 0.3 is 0 Å². The fourth-order valence-electron chi connectivity index (χ4n) is 2.37. The van der Waals surface area contributed by atoms with Crippen LogP contribution in [0.3, 0.4) is 0 Å². The number of rotatable bonds is 3. The Hall–Kier alpha value is -1.07. The second-order valence-corrected chi connectivity index (χ2v) is 5.98. The maximum absolute atomic E-state index is 12.0. The van der Waals surface area contributed by atoms with Crippen LogP contribution in [-0.4, -0.2) is 23.7 Å². The van der Waals surface area contributed by atoms with Crippen molar-refractivity contribution < 1.29 is 9.90 Å². The molecule has 0 radical (unpaired) electrons. The molecule has 0 bridgehead atoms. The van der Waals surface area contributed by atoms with E-state index >= 15 is 0 Å². The molecule has 4 N–H and O–H groups in total. The van der Waals surface area contributed by atoms with Crippen molar-refractivity contribution in [3.63, 3.8) is 0 Å². The minimum Gasteiger partial charge on any atom is -0.398 e. The lowest BCUT2D eigenvalue weighted by molar-refractivity contribution is 0.0910. The summed E-state index contributed by atoms with van der Waals surface area (Å²) in [6, 6.07) is 5.20. The maximum atomic E-state index is 12.0. The number of nitrogens with one attached hydrogen (secondary N) is 1. The highest BCUT2D eigenvalue weighted by Gasteiger charge is 2.20. The van der Waals surface area contributed by atoms with E-state index in [2.05, 4.69) is 21.2 Å². The van der Waals surface area contributed by atoms with Gasteiger partial charge in [0.15, 0.2) is 0 Å². The van der Waals surface area contributed by atoms with E-state index in [0.29, 0.717) is 23.7 Å². The van der Waals surface area contributed by atoms with E-state index in [4.69, 9.17) is 5.73 Å². The van der Waals surface area contributed by atoms with Gasteiger partial charge in [0.05, 0.1) is 6.10 Å². The average Bonchev–Trinajstić information content (AvgIpc) is 2.41. The van der Waals surface area contributed by atoms with Gasteiger partial charge in [0, 0.05) is 22.3 Å². The molecule has 1 fully saturated rings. The van der Waals surface area contributed by atoms with Gasteiger partial charge in [-0.3, -0.25) is 4.79 Å². The summed E-state index contributed by atoms with van der Waals surface area (Å²) in [6.45, 7) is 0.668. The highest BCUT2D eigenvalue weighted by Crippen LogP contribution is 2.24. The fraction of sp³-hybridized carbons (Fsp3) is 0.500. The summed E-state index contributed by atoms with van der Waals surface area (Å²) in [5, 5.41) is 12.4. The minimum absolute atomic E-state index is 0.0923.